The molecule has 0 aromatic heterocycles. The number of hydrogen-bond acceptors (Lipinski definition) is 4. The number of morpholine rings is 1. The van der Waals surface area contributed by atoms with Crippen LogP contribution in [0.2, 0.25) is 5.02 Å². The Labute approximate surface area is 177 Å². The summed E-state index contributed by atoms with van der Waals surface area (Å²) in [6.07, 6.45) is 0. The van der Waals surface area contributed by atoms with E-state index in [1.54, 1.807) is 7.05 Å². The van der Waals surface area contributed by atoms with E-state index < -0.39 is 0 Å². The van der Waals surface area contributed by atoms with Gasteiger partial charge in [-0.1, -0.05) is 48.0 Å². The van der Waals surface area contributed by atoms with E-state index in [0.717, 1.165) is 54.7 Å². The van der Waals surface area contributed by atoms with E-state index in [1.807, 2.05) is 42.5 Å². The SMILES string of the molecule is CN=C(NCc1ccccc1Cl)NCc1ccccc1OCCN1CCOCC1. The van der Waals surface area contributed by atoms with Crippen LogP contribution in [0.3, 0.4) is 0 Å². The summed E-state index contributed by atoms with van der Waals surface area (Å²) in [7, 11) is 1.76. The van der Waals surface area contributed by atoms with Crippen LogP contribution in [0.1, 0.15) is 11.1 Å². The quantitative estimate of drug-likeness (QED) is 0.512. The Morgan fingerprint density at radius 1 is 1.03 bits per heavy atom. The maximum Gasteiger partial charge on any atom is 0.191 e. The van der Waals surface area contributed by atoms with Gasteiger partial charge in [0, 0.05) is 50.4 Å². The lowest BCUT2D eigenvalue weighted by atomic mass is 10.2. The van der Waals surface area contributed by atoms with E-state index >= 15 is 0 Å². The van der Waals surface area contributed by atoms with Crippen molar-refractivity contribution in [2.75, 3.05) is 46.5 Å². The molecular formula is C22H29ClN4O2. The highest BCUT2D eigenvalue weighted by molar-refractivity contribution is 6.31. The lowest BCUT2D eigenvalue weighted by Crippen LogP contribution is -2.38. The number of hydrogen-bond donors (Lipinski definition) is 2. The smallest absolute Gasteiger partial charge is 0.191 e. The van der Waals surface area contributed by atoms with Gasteiger partial charge in [-0.05, 0) is 17.7 Å². The fourth-order valence-electron chi connectivity index (χ4n) is 3.12. The molecule has 156 valence electrons. The molecule has 3 rings (SSSR count). The first-order chi connectivity index (χ1) is 14.3. The van der Waals surface area contributed by atoms with Crippen LogP contribution in [0.4, 0.5) is 0 Å². The van der Waals surface area contributed by atoms with Gasteiger partial charge < -0.3 is 20.1 Å². The topological polar surface area (TPSA) is 58.1 Å². The molecule has 0 bridgehead atoms. The molecule has 29 heavy (non-hydrogen) atoms. The van der Waals surface area contributed by atoms with Crippen molar-refractivity contribution in [2.24, 2.45) is 4.99 Å². The minimum Gasteiger partial charge on any atom is -0.492 e. The summed E-state index contributed by atoms with van der Waals surface area (Å²) in [5.74, 6) is 1.61. The van der Waals surface area contributed by atoms with Crippen LogP contribution in [0.25, 0.3) is 0 Å². The van der Waals surface area contributed by atoms with Gasteiger partial charge in [-0.3, -0.25) is 9.89 Å². The van der Waals surface area contributed by atoms with Crippen molar-refractivity contribution in [2.45, 2.75) is 13.1 Å². The van der Waals surface area contributed by atoms with Crippen LogP contribution in [-0.2, 0) is 17.8 Å². The minimum absolute atomic E-state index is 0.608. The highest BCUT2D eigenvalue weighted by Gasteiger charge is 2.11. The zero-order valence-corrected chi connectivity index (χ0v) is 17.6. The van der Waals surface area contributed by atoms with Crippen LogP contribution >= 0.6 is 11.6 Å². The lowest BCUT2D eigenvalue weighted by molar-refractivity contribution is 0.0322. The maximum atomic E-state index is 6.22. The first-order valence-corrected chi connectivity index (χ1v) is 10.3. The summed E-state index contributed by atoms with van der Waals surface area (Å²) in [5.41, 5.74) is 2.12. The molecule has 1 aliphatic heterocycles. The van der Waals surface area contributed by atoms with Crippen LogP contribution in [0, 0.1) is 0 Å². The molecule has 1 heterocycles. The van der Waals surface area contributed by atoms with Gasteiger partial charge >= 0.3 is 0 Å². The first kappa shape index (κ1) is 21.4. The summed E-state index contributed by atoms with van der Waals surface area (Å²) in [6, 6.07) is 15.9. The van der Waals surface area contributed by atoms with Gasteiger partial charge in [-0.25, -0.2) is 0 Å². The summed E-state index contributed by atoms with van der Waals surface area (Å²) in [6.45, 7) is 6.36. The standard InChI is InChI=1S/C22H29ClN4O2/c1-24-22(25-16-18-6-2-4-8-20(18)23)26-17-19-7-3-5-9-21(19)29-15-12-27-10-13-28-14-11-27/h2-9H,10-17H2,1H3,(H2,24,25,26). The van der Waals surface area contributed by atoms with Crippen molar-refractivity contribution in [3.05, 3.63) is 64.7 Å². The predicted molar refractivity (Wildman–Crippen MR) is 118 cm³/mol. The molecule has 1 aliphatic rings. The molecule has 0 aliphatic carbocycles. The normalized spacial score (nSPS) is 15.2. The predicted octanol–water partition coefficient (Wildman–Crippen LogP) is 2.92. The Kier molecular flexibility index (Phi) is 8.61. The van der Waals surface area contributed by atoms with Gasteiger partial charge in [0.1, 0.15) is 12.4 Å². The minimum atomic E-state index is 0.608. The summed E-state index contributed by atoms with van der Waals surface area (Å²) in [4.78, 5) is 6.66. The van der Waals surface area contributed by atoms with Crippen LogP contribution in [0.15, 0.2) is 53.5 Å². The van der Waals surface area contributed by atoms with Gasteiger partial charge in [-0.15, -0.1) is 0 Å². The Hall–Kier alpha value is -2.28. The van der Waals surface area contributed by atoms with E-state index in [2.05, 4.69) is 26.6 Å². The van der Waals surface area contributed by atoms with Crippen molar-refractivity contribution >= 4 is 17.6 Å². The van der Waals surface area contributed by atoms with E-state index in [4.69, 9.17) is 21.1 Å². The number of para-hydroxylation sites is 1. The molecule has 0 spiro atoms. The highest BCUT2D eigenvalue weighted by Crippen LogP contribution is 2.18. The average molecular weight is 417 g/mol. The molecule has 2 aromatic rings. The number of ether oxygens (including phenoxy) is 2. The van der Waals surface area contributed by atoms with Crippen LogP contribution < -0.4 is 15.4 Å². The van der Waals surface area contributed by atoms with Gasteiger partial charge in [0.25, 0.3) is 0 Å². The van der Waals surface area contributed by atoms with E-state index in [0.29, 0.717) is 25.7 Å². The zero-order valence-electron chi connectivity index (χ0n) is 16.9. The molecule has 0 amide bonds. The lowest BCUT2D eigenvalue weighted by Gasteiger charge is -2.26. The van der Waals surface area contributed by atoms with E-state index in [1.165, 1.54) is 0 Å². The molecule has 6 nitrogen and oxygen atoms in total. The molecule has 0 unspecified atom stereocenters. The summed E-state index contributed by atoms with van der Waals surface area (Å²) in [5, 5.41) is 7.39. The Morgan fingerprint density at radius 2 is 1.69 bits per heavy atom. The third-order valence-electron chi connectivity index (χ3n) is 4.82. The molecule has 0 saturated carbocycles. The van der Waals surface area contributed by atoms with E-state index in [-0.39, 0.29) is 0 Å². The molecule has 7 heteroatoms. The monoisotopic (exact) mass is 416 g/mol. The largest absolute Gasteiger partial charge is 0.492 e. The molecule has 2 aromatic carbocycles. The number of benzene rings is 2. The molecule has 0 radical (unpaired) electrons. The van der Waals surface area contributed by atoms with Gasteiger partial charge in [0.2, 0.25) is 0 Å². The third-order valence-corrected chi connectivity index (χ3v) is 5.18. The Morgan fingerprint density at radius 3 is 2.41 bits per heavy atom. The van der Waals surface area contributed by atoms with Crippen LogP contribution in [-0.4, -0.2) is 57.4 Å². The second kappa shape index (κ2) is 11.7. The molecular weight excluding hydrogens is 388 g/mol. The Balaban J connectivity index is 1.48. The fourth-order valence-corrected chi connectivity index (χ4v) is 3.32. The highest BCUT2D eigenvalue weighted by atomic mass is 35.5. The number of nitrogens with one attached hydrogen (secondary N) is 2. The van der Waals surface area contributed by atoms with Crippen LogP contribution in [0.5, 0.6) is 5.75 Å². The number of guanidine groups is 1. The maximum absolute atomic E-state index is 6.22. The van der Waals surface area contributed by atoms with Crippen molar-refractivity contribution in [3.63, 3.8) is 0 Å². The van der Waals surface area contributed by atoms with Gasteiger partial charge in [0.05, 0.1) is 13.2 Å². The second-order valence-electron chi connectivity index (χ2n) is 6.78. The third kappa shape index (κ3) is 6.92. The zero-order chi connectivity index (χ0) is 20.3. The molecule has 2 N–H and O–H groups in total. The van der Waals surface area contributed by atoms with Gasteiger partial charge in [0.15, 0.2) is 5.96 Å². The number of rotatable bonds is 8. The second-order valence-corrected chi connectivity index (χ2v) is 7.19. The van der Waals surface area contributed by atoms with E-state index in [9.17, 15) is 0 Å². The fraction of sp³-hybridized carbons (Fsp3) is 0.409. The van der Waals surface area contributed by atoms with Crippen molar-refractivity contribution in [3.8, 4) is 5.75 Å². The summed E-state index contributed by atoms with van der Waals surface area (Å²) >= 11 is 6.22. The Bertz CT molecular complexity index is 794. The van der Waals surface area contributed by atoms with Crippen molar-refractivity contribution in [1.82, 2.24) is 15.5 Å². The van der Waals surface area contributed by atoms with Crippen molar-refractivity contribution < 1.29 is 9.47 Å². The van der Waals surface area contributed by atoms with Crippen molar-refractivity contribution in [1.29, 1.82) is 0 Å². The number of aliphatic imine (C=N–C) groups is 1. The first-order valence-electron chi connectivity index (χ1n) is 9.95. The summed E-state index contributed by atoms with van der Waals surface area (Å²) < 4.78 is 11.4. The number of halogens is 1. The molecule has 1 saturated heterocycles. The van der Waals surface area contributed by atoms with Gasteiger partial charge in [-0.2, -0.15) is 0 Å². The number of nitrogens with zero attached hydrogens (tertiary/aromatic N) is 2. The molecule has 1 fully saturated rings. The average Bonchev–Trinajstić information content (AvgIpc) is 2.76. The molecule has 0 atom stereocenters.